The first-order valence-corrected chi connectivity index (χ1v) is 5.84. The van der Waals surface area contributed by atoms with E-state index in [2.05, 4.69) is 31.2 Å². The van der Waals surface area contributed by atoms with Crippen LogP contribution in [0, 0.1) is 6.92 Å². The van der Waals surface area contributed by atoms with Gasteiger partial charge < -0.3 is 5.32 Å². The third-order valence-corrected chi connectivity index (χ3v) is 2.58. The van der Waals surface area contributed by atoms with Crippen LogP contribution in [0.15, 0.2) is 34.9 Å². The maximum absolute atomic E-state index is 5.80. The van der Waals surface area contributed by atoms with E-state index in [9.17, 15) is 0 Å². The van der Waals surface area contributed by atoms with E-state index >= 15 is 0 Å². The van der Waals surface area contributed by atoms with Crippen molar-refractivity contribution in [3.05, 3.63) is 45.8 Å². The van der Waals surface area contributed by atoms with E-state index < -0.39 is 0 Å². The molecule has 0 spiro atoms. The Kier molecular flexibility index (Phi) is 3.41. The quantitative estimate of drug-likeness (QED) is 0.853. The van der Waals surface area contributed by atoms with Crippen molar-refractivity contribution in [1.29, 1.82) is 0 Å². The Bertz CT molecular complexity index is 479. The van der Waals surface area contributed by atoms with Gasteiger partial charge in [0.2, 0.25) is 0 Å². The van der Waals surface area contributed by atoms with E-state index in [1.54, 1.807) is 0 Å². The van der Waals surface area contributed by atoms with Crippen LogP contribution in [-0.4, -0.2) is 9.97 Å². The molecule has 2 rings (SSSR count). The van der Waals surface area contributed by atoms with Gasteiger partial charge in [-0.15, -0.1) is 0 Å². The smallest absolute Gasteiger partial charge is 0.135 e. The number of anilines is 2. The molecule has 5 heteroatoms. The zero-order chi connectivity index (χ0) is 11.5. The molecular formula is C11H9BrClN3. The van der Waals surface area contributed by atoms with Gasteiger partial charge in [0.15, 0.2) is 0 Å². The van der Waals surface area contributed by atoms with Gasteiger partial charge in [-0.1, -0.05) is 11.6 Å². The third kappa shape index (κ3) is 2.93. The van der Waals surface area contributed by atoms with Gasteiger partial charge in [0.05, 0.1) is 0 Å². The van der Waals surface area contributed by atoms with Crippen LogP contribution in [0.2, 0.25) is 5.02 Å². The van der Waals surface area contributed by atoms with Gasteiger partial charge in [0.1, 0.15) is 16.2 Å². The number of hydrogen-bond donors (Lipinski definition) is 1. The van der Waals surface area contributed by atoms with Crippen LogP contribution in [0.5, 0.6) is 0 Å². The Labute approximate surface area is 107 Å². The number of rotatable bonds is 2. The van der Waals surface area contributed by atoms with Crippen molar-refractivity contribution >= 4 is 39.0 Å². The summed E-state index contributed by atoms with van der Waals surface area (Å²) in [7, 11) is 0. The molecule has 0 radical (unpaired) electrons. The largest absolute Gasteiger partial charge is 0.340 e. The topological polar surface area (TPSA) is 37.8 Å². The number of hydrogen-bond acceptors (Lipinski definition) is 3. The van der Waals surface area contributed by atoms with Crippen LogP contribution in [0.25, 0.3) is 0 Å². The Morgan fingerprint density at radius 1 is 1.19 bits per heavy atom. The van der Waals surface area contributed by atoms with E-state index in [0.717, 1.165) is 16.1 Å². The molecule has 0 aliphatic carbocycles. The zero-order valence-corrected chi connectivity index (χ0v) is 10.9. The Hall–Kier alpha value is -1.13. The second-order valence-corrected chi connectivity index (χ2v) is 4.50. The SMILES string of the molecule is Cc1nc(Br)cc(Nc2ccc(Cl)cc2)n1. The first kappa shape index (κ1) is 11.4. The van der Waals surface area contributed by atoms with E-state index in [-0.39, 0.29) is 0 Å². The number of aromatic nitrogens is 2. The molecule has 16 heavy (non-hydrogen) atoms. The average Bonchev–Trinajstić information content (AvgIpc) is 2.20. The van der Waals surface area contributed by atoms with Crippen molar-refractivity contribution in [3.63, 3.8) is 0 Å². The van der Waals surface area contributed by atoms with Crippen molar-refractivity contribution in [2.75, 3.05) is 5.32 Å². The minimum absolute atomic E-state index is 0.714. The predicted octanol–water partition coefficient (Wildman–Crippen LogP) is 3.94. The number of nitrogens with zero attached hydrogens (tertiary/aromatic N) is 2. The van der Waals surface area contributed by atoms with Crippen LogP contribution in [0.1, 0.15) is 5.82 Å². The Balaban J connectivity index is 2.23. The summed E-state index contributed by atoms with van der Waals surface area (Å²) in [4.78, 5) is 8.40. The fourth-order valence-corrected chi connectivity index (χ4v) is 1.88. The molecule has 0 amide bonds. The minimum atomic E-state index is 0.714. The Morgan fingerprint density at radius 2 is 1.88 bits per heavy atom. The summed E-state index contributed by atoms with van der Waals surface area (Å²) < 4.78 is 0.761. The predicted molar refractivity (Wildman–Crippen MR) is 69.2 cm³/mol. The van der Waals surface area contributed by atoms with Crippen molar-refractivity contribution in [2.24, 2.45) is 0 Å². The maximum atomic E-state index is 5.80. The van der Waals surface area contributed by atoms with E-state index in [1.165, 1.54) is 0 Å². The summed E-state index contributed by atoms with van der Waals surface area (Å²) in [5.41, 5.74) is 0.939. The van der Waals surface area contributed by atoms with Gasteiger partial charge in [-0.25, -0.2) is 9.97 Å². The molecule has 0 fully saturated rings. The number of nitrogens with one attached hydrogen (secondary N) is 1. The fourth-order valence-electron chi connectivity index (χ4n) is 1.28. The summed E-state index contributed by atoms with van der Waals surface area (Å²) >= 11 is 9.13. The number of halogens is 2. The Morgan fingerprint density at radius 3 is 2.50 bits per heavy atom. The molecule has 0 bridgehead atoms. The first-order valence-electron chi connectivity index (χ1n) is 4.67. The van der Waals surface area contributed by atoms with Gasteiger partial charge >= 0.3 is 0 Å². The fraction of sp³-hybridized carbons (Fsp3) is 0.0909. The van der Waals surface area contributed by atoms with Crippen molar-refractivity contribution in [1.82, 2.24) is 9.97 Å². The molecule has 0 aliphatic heterocycles. The second kappa shape index (κ2) is 4.80. The highest BCUT2D eigenvalue weighted by Crippen LogP contribution is 2.19. The van der Waals surface area contributed by atoms with Crippen LogP contribution in [0.3, 0.4) is 0 Å². The van der Waals surface area contributed by atoms with Crippen molar-refractivity contribution in [2.45, 2.75) is 6.92 Å². The van der Waals surface area contributed by atoms with Gasteiger partial charge in [-0.05, 0) is 47.1 Å². The number of benzene rings is 1. The average molecular weight is 299 g/mol. The van der Waals surface area contributed by atoms with Gasteiger partial charge in [0.25, 0.3) is 0 Å². The van der Waals surface area contributed by atoms with Crippen molar-refractivity contribution in [3.8, 4) is 0 Å². The third-order valence-electron chi connectivity index (χ3n) is 1.92. The van der Waals surface area contributed by atoms with Crippen LogP contribution >= 0.6 is 27.5 Å². The molecule has 0 unspecified atom stereocenters. The lowest BCUT2D eigenvalue weighted by Gasteiger charge is -2.06. The molecular weight excluding hydrogens is 289 g/mol. The standard InChI is InChI=1S/C11H9BrClN3/c1-7-14-10(12)6-11(15-7)16-9-4-2-8(13)3-5-9/h2-6H,1H3,(H,14,15,16). The second-order valence-electron chi connectivity index (χ2n) is 3.26. The van der Waals surface area contributed by atoms with E-state index in [4.69, 9.17) is 11.6 Å². The normalized spacial score (nSPS) is 10.2. The molecule has 0 saturated heterocycles. The van der Waals surface area contributed by atoms with Gasteiger partial charge in [-0.2, -0.15) is 0 Å². The lowest BCUT2D eigenvalue weighted by molar-refractivity contribution is 1.04. The summed E-state index contributed by atoms with van der Waals surface area (Å²) in [6.07, 6.45) is 0. The van der Waals surface area contributed by atoms with Crippen LogP contribution in [-0.2, 0) is 0 Å². The highest BCUT2D eigenvalue weighted by molar-refractivity contribution is 9.10. The van der Waals surface area contributed by atoms with E-state index in [0.29, 0.717) is 10.8 Å². The monoisotopic (exact) mass is 297 g/mol. The molecule has 0 aliphatic rings. The summed E-state index contributed by atoms with van der Waals surface area (Å²) in [5, 5.41) is 3.89. The molecule has 3 nitrogen and oxygen atoms in total. The minimum Gasteiger partial charge on any atom is -0.340 e. The zero-order valence-electron chi connectivity index (χ0n) is 8.54. The van der Waals surface area contributed by atoms with Crippen LogP contribution < -0.4 is 5.32 Å². The highest BCUT2D eigenvalue weighted by atomic mass is 79.9. The number of aryl methyl sites for hydroxylation is 1. The summed E-state index contributed by atoms with van der Waals surface area (Å²) in [6, 6.07) is 9.27. The lowest BCUT2D eigenvalue weighted by Crippen LogP contribution is -1.97. The highest BCUT2D eigenvalue weighted by Gasteiger charge is 2.00. The van der Waals surface area contributed by atoms with Gasteiger partial charge in [0, 0.05) is 16.8 Å². The molecule has 0 saturated carbocycles. The molecule has 82 valence electrons. The summed E-state index contributed by atoms with van der Waals surface area (Å²) in [5.74, 6) is 1.47. The van der Waals surface area contributed by atoms with Crippen molar-refractivity contribution < 1.29 is 0 Å². The van der Waals surface area contributed by atoms with Gasteiger partial charge in [-0.3, -0.25) is 0 Å². The molecule has 1 aromatic carbocycles. The molecule has 2 aromatic rings. The van der Waals surface area contributed by atoms with E-state index in [1.807, 2.05) is 37.3 Å². The molecule has 1 aromatic heterocycles. The molecule has 1 heterocycles. The first-order chi connectivity index (χ1) is 7.63. The van der Waals surface area contributed by atoms with Crippen LogP contribution in [0.4, 0.5) is 11.5 Å². The molecule has 0 atom stereocenters. The summed E-state index contributed by atoms with van der Waals surface area (Å²) in [6.45, 7) is 1.85. The maximum Gasteiger partial charge on any atom is 0.135 e. The lowest BCUT2D eigenvalue weighted by atomic mass is 10.3. The molecule has 1 N–H and O–H groups in total.